The molecule has 1 aromatic rings. The molecule has 0 unspecified atom stereocenters. The number of aromatic nitrogens is 1. The number of nitrogens with zero attached hydrogens (tertiary/aromatic N) is 1. The van der Waals surface area contributed by atoms with E-state index >= 15 is 0 Å². The van der Waals surface area contributed by atoms with Crippen molar-refractivity contribution in [3.63, 3.8) is 0 Å². The van der Waals surface area contributed by atoms with E-state index in [9.17, 15) is 4.79 Å². The first-order valence-corrected chi connectivity index (χ1v) is 5.67. The fraction of sp³-hybridized carbons (Fsp3) is 0.500. The van der Waals surface area contributed by atoms with Gasteiger partial charge in [0.25, 0.3) is 0 Å². The average Bonchev–Trinajstić information content (AvgIpc) is 3.05. The van der Waals surface area contributed by atoms with E-state index in [1.807, 2.05) is 13.0 Å². The molecule has 2 rings (SSSR count). The van der Waals surface area contributed by atoms with Crippen LogP contribution in [0.15, 0.2) is 18.5 Å². The summed E-state index contributed by atoms with van der Waals surface area (Å²) in [4.78, 5) is 15.6. The predicted octanol–water partition coefficient (Wildman–Crippen LogP) is 2.17. The third kappa shape index (κ3) is 5.67. The number of nitrogens with one attached hydrogen (secondary N) is 2. The van der Waals surface area contributed by atoms with Crippen LogP contribution >= 0.6 is 24.8 Å². The quantitative estimate of drug-likeness (QED) is 0.874. The molecule has 0 radical (unpaired) electrons. The summed E-state index contributed by atoms with van der Waals surface area (Å²) in [5.74, 6) is 0.811. The second-order valence-corrected chi connectivity index (χ2v) is 4.31. The zero-order valence-electron chi connectivity index (χ0n) is 10.3. The van der Waals surface area contributed by atoms with Crippen LogP contribution in [0.1, 0.15) is 18.4 Å². The zero-order chi connectivity index (χ0) is 11.4. The van der Waals surface area contributed by atoms with Gasteiger partial charge >= 0.3 is 0 Å². The molecule has 102 valence electrons. The SMILES string of the molecule is Cc1cnccc1NC(=O)CNCC1CC1.Cl.Cl. The van der Waals surface area contributed by atoms with Gasteiger partial charge in [-0.2, -0.15) is 0 Å². The Morgan fingerprint density at radius 3 is 2.78 bits per heavy atom. The van der Waals surface area contributed by atoms with Gasteiger partial charge in [0, 0.05) is 18.1 Å². The Morgan fingerprint density at radius 1 is 1.44 bits per heavy atom. The molecule has 6 heteroatoms. The van der Waals surface area contributed by atoms with Gasteiger partial charge in [-0.05, 0) is 43.9 Å². The average molecular weight is 292 g/mol. The molecule has 18 heavy (non-hydrogen) atoms. The molecule has 1 aliphatic carbocycles. The lowest BCUT2D eigenvalue weighted by Gasteiger charge is -2.08. The highest BCUT2D eigenvalue weighted by Gasteiger charge is 2.20. The van der Waals surface area contributed by atoms with Crippen molar-refractivity contribution >= 4 is 36.4 Å². The summed E-state index contributed by atoms with van der Waals surface area (Å²) < 4.78 is 0. The van der Waals surface area contributed by atoms with Crippen molar-refractivity contribution in [3.8, 4) is 0 Å². The number of pyridine rings is 1. The highest BCUT2D eigenvalue weighted by molar-refractivity contribution is 5.92. The number of carbonyl (C=O) groups excluding carboxylic acids is 1. The molecule has 0 aliphatic heterocycles. The van der Waals surface area contributed by atoms with Crippen molar-refractivity contribution in [2.24, 2.45) is 5.92 Å². The molecule has 1 aromatic heterocycles. The maximum absolute atomic E-state index is 11.6. The molecule has 0 atom stereocenters. The molecule has 0 saturated heterocycles. The zero-order valence-corrected chi connectivity index (χ0v) is 11.9. The van der Waals surface area contributed by atoms with Crippen molar-refractivity contribution in [3.05, 3.63) is 24.0 Å². The summed E-state index contributed by atoms with van der Waals surface area (Å²) in [5.41, 5.74) is 1.83. The lowest BCUT2D eigenvalue weighted by atomic mass is 10.2. The first-order chi connectivity index (χ1) is 7.75. The van der Waals surface area contributed by atoms with Gasteiger partial charge < -0.3 is 10.6 Å². The summed E-state index contributed by atoms with van der Waals surface area (Å²) in [5, 5.41) is 6.02. The standard InChI is InChI=1S/C12H17N3O.2ClH/c1-9-6-13-5-4-11(9)15-12(16)8-14-7-10-2-3-10;;/h4-6,10,14H,2-3,7-8H2,1H3,(H,13,15,16);2*1H. The molecule has 1 fully saturated rings. The lowest BCUT2D eigenvalue weighted by Crippen LogP contribution is -2.29. The highest BCUT2D eigenvalue weighted by atomic mass is 35.5. The largest absolute Gasteiger partial charge is 0.325 e. The normalized spacial score (nSPS) is 13.2. The summed E-state index contributed by atoms with van der Waals surface area (Å²) in [6.45, 7) is 3.28. The Morgan fingerprint density at radius 2 is 2.17 bits per heavy atom. The van der Waals surface area contributed by atoms with E-state index in [2.05, 4.69) is 15.6 Å². The van der Waals surface area contributed by atoms with E-state index in [-0.39, 0.29) is 30.7 Å². The molecule has 4 nitrogen and oxygen atoms in total. The van der Waals surface area contributed by atoms with Gasteiger partial charge in [0.2, 0.25) is 5.91 Å². The van der Waals surface area contributed by atoms with Crippen molar-refractivity contribution in [1.82, 2.24) is 10.3 Å². The molecule has 1 amide bonds. The van der Waals surface area contributed by atoms with Gasteiger partial charge in [-0.3, -0.25) is 9.78 Å². The van der Waals surface area contributed by atoms with Crippen LogP contribution in [0.3, 0.4) is 0 Å². The van der Waals surface area contributed by atoms with Crippen molar-refractivity contribution in [2.45, 2.75) is 19.8 Å². The number of hydrogen-bond acceptors (Lipinski definition) is 3. The Bertz CT molecular complexity index is 383. The van der Waals surface area contributed by atoms with E-state index in [4.69, 9.17) is 0 Å². The molecule has 1 aliphatic rings. The van der Waals surface area contributed by atoms with Gasteiger partial charge in [-0.1, -0.05) is 0 Å². The Kier molecular flexibility index (Phi) is 7.91. The van der Waals surface area contributed by atoms with Crippen LogP contribution < -0.4 is 10.6 Å². The van der Waals surface area contributed by atoms with Crippen molar-refractivity contribution in [1.29, 1.82) is 0 Å². The minimum absolute atomic E-state index is 0. The topological polar surface area (TPSA) is 54.0 Å². The molecule has 0 bridgehead atoms. The molecule has 1 saturated carbocycles. The van der Waals surface area contributed by atoms with E-state index < -0.39 is 0 Å². The number of anilines is 1. The number of amides is 1. The van der Waals surface area contributed by atoms with Gasteiger partial charge in [-0.25, -0.2) is 0 Å². The van der Waals surface area contributed by atoms with Gasteiger partial charge in [0.15, 0.2) is 0 Å². The van der Waals surface area contributed by atoms with Crippen LogP contribution in [0, 0.1) is 12.8 Å². The third-order valence-electron chi connectivity index (χ3n) is 2.71. The second kappa shape index (κ2) is 8.29. The molecule has 0 aromatic carbocycles. The van der Waals surface area contributed by atoms with Gasteiger partial charge in [-0.15, -0.1) is 24.8 Å². The Labute approximate surface area is 120 Å². The monoisotopic (exact) mass is 291 g/mol. The van der Waals surface area contributed by atoms with E-state index in [0.29, 0.717) is 6.54 Å². The number of hydrogen-bond donors (Lipinski definition) is 2. The van der Waals surface area contributed by atoms with Crippen molar-refractivity contribution in [2.75, 3.05) is 18.4 Å². The number of halogens is 2. The van der Waals surface area contributed by atoms with E-state index in [1.165, 1.54) is 12.8 Å². The lowest BCUT2D eigenvalue weighted by molar-refractivity contribution is -0.115. The molecule has 0 spiro atoms. The molecular weight excluding hydrogens is 273 g/mol. The maximum Gasteiger partial charge on any atom is 0.238 e. The summed E-state index contributed by atoms with van der Waals surface area (Å²) in [7, 11) is 0. The third-order valence-corrected chi connectivity index (χ3v) is 2.71. The number of rotatable bonds is 5. The molecular formula is C12H19Cl2N3O. The fourth-order valence-corrected chi connectivity index (χ4v) is 1.52. The van der Waals surface area contributed by atoms with Gasteiger partial charge in [0.05, 0.1) is 6.54 Å². The Hall–Kier alpha value is -0.840. The number of aryl methyl sites for hydroxylation is 1. The van der Waals surface area contributed by atoms with E-state index in [1.54, 1.807) is 12.4 Å². The highest BCUT2D eigenvalue weighted by Crippen LogP contribution is 2.27. The van der Waals surface area contributed by atoms with Crippen LogP contribution in [-0.4, -0.2) is 24.0 Å². The Balaban J connectivity index is 0.00000144. The fourth-order valence-electron chi connectivity index (χ4n) is 1.52. The molecule has 2 N–H and O–H groups in total. The van der Waals surface area contributed by atoms with E-state index in [0.717, 1.165) is 23.7 Å². The minimum atomic E-state index is 0. The summed E-state index contributed by atoms with van der Waals surface area (Å²) in [6.07, 6.45) is 6.03. The summed E-state index contributed by atoms with van der Waals surface area (Å²) in [6, 6.07) is 1.81. The summed E-state index contributed by atoms with van der Waals surface area (Å²) >= 11 is 0. The second-order valence-electron chi connectivity index (χ2n) is 4.31. The van der Waals surface area contributed by atoms with Gasteiger partial charge in [0.1, 0.15) is 0 Å². The first-order valence-electron chi connectivity index (χ1n) is 5.67. The predicted molar refractivity (Wildman–Crippen MR) is 77.7 cm³/mol. The van der Waals surface area contributed by atoms with Crippen molar-refractivity contribution < 1.29 is 4.79 Å². The van der Waals surface area contributed by atoms with Crippen LogP contribution in [0.2, 0.25) is 0 Å². The smallest absolute Gasteiger partial charge is 0.238 e. The maximum atomic E-state index is 11.6. The minimum Gasteiger partial charge on any atom is -0.325 e. The van der Waals surface area contributed by atoms with Crippen LogP contribution in [0.5, 0.6) is 0 Å². The van der Waals surface area contributed by atoms with Crippen LogP contribution in [0.4, 0.5) is 5.69 Å². The van der Waals surface area contributed by atoms with Crippen LogP contribution in [-0.2, 0) is 4.79 Å². The number of carbonyl (C=O) groups is 1. The first kappa shape index (κ1) is 17.2. The van der Waals surface area contributed by atoms with Crippen LogP contribution in [0.25, 0.3) is 0 Å². The molecule has 1 heterocycles.